The van der Waals surface area contributed by atoms with E-state index in [0.717, 1.165) is 19.4 Å². The lowest BCUT2D eigenvalue weighted by Gasteiger charge is -2.10. The molecule has 0 aliphatic carbocycles. The van der Waals surface area contributed by atoms with Gasteiger partial charge in [-0.1, -0.05) is 43.2 Å². The van der Waals surface area contributed by atoms with Gasteiger partial charge in [-0.15, -0.1) is 6.42 Å². The number of hydrogen-bond acceptors (Lipinski definition) is 1. The van der Waals surface area contributed by atoms with E-state index < -0.39 is 0 Å². The summed E-state index contributed by atoms with van der Waals surface area (Å²) in [5.41, 5.74) is 1.35. The van der Waals surface area contributed by atoms with E-state index in [0.29, 0.717) is 0 Å². The number of hydrogen-bond donors (Lipinski definition) is 1. The van der Waals surface area contributed by atoms with Crippen molar-refractivity contribution in [1.82, 2.24) is 5.32 Å². The van der Waals surface area contributed by atoms with Gasteiger partial charge in [0.2, 0.25) is 0 Å². The van der Waals surface area contributed by atoms with Crippen LogP contribution in [0.1, 0.15) is 18.9 Å². The second kappa shape index (κ2) is 6.23. The summed E-state index contributed by atoms with van der Waals surface area (Å²) in [4.78, 5) is 0. The average Bonchev–Trinajstić information content (AvgIpc) is 2.25. The maximum Gasteiger partial charge on any atom is 0.0690 e. The summed E-state index contributed by atoms with van der Waals surface area (Å²) in [6.45, 7) is 3.01. The number of rotatable bonds is 5. The normalized spacial score (nSPS) is 12.0. The molecule has 1 aromatic rings. The molecule has 1 N–H and O–H groups in total. The summed E-state index contributed by atoms with van der Waals surface area (Å²) in [5.74, 6) is 2.76. The van der Waals surface area contributed by atoms with Crippen LogP contribution >= 0.6 is 0 Å². The first kappa shape index (κ1) is 10.8. The van der Waals surface area contributed by atoms with Gasteiger partial charge in [0.1, 0.15) is 0 Å². The van der Waals surface area contributed by atoms with Crippen LogP contribution < -0.4 is 5.32 Å². The van der Waals surface area contributed by atoms with E-state index in [1.807, 2.05) is 6.07 Å². The molecule has 0 fully saturated rings. The SMILES string of the molecule is C#CC(CCc1ccccc1)NCC. The van der Waals surface area contributed by atoms with Gasteiger partial charge in [0, 0.05) is 0 Å². The molecule has 0 saturated carbocycles. The highest BCUT2D eigenvalue weighted by atomic mass is 14.9. The zero-order valence-electron chi connectivity index (χ0n) is 8.66. The van der Waals surface area contributed by atoms with Crippen molar-refractivity contribution >= 4 is 0 Å². The summed E-state index contributed by atoms with van der Waals surface area (Å²) in [7, 11) is 0. The molecule has 0 radical (unpaired) electrons. The number of terminal acetylenes is 1. The average molecular weight is 187 g/mol. The van der Waals surface area contributed by atoms with Gasteiger partial charge in [0.25, 0.3) is 0 Å². The summed E-state index contributed by atoms with van der Waals surface area (Å²) in [5, 5.41) is 3.27. The molecule has 0 amide bonds. The highest BCUT2D eigenvalue weighted by molar-refractivity contribution is 5.15. The van der Waals surface area contributed by atoms with Crippen LogP contribution in [0, 0.1) is 12.3 Å². The van der Waals surface area contributed by atoms with Gasteiger partial charge in [-0.05, 0) is 24.9 Å². The number of nitrogens with one attached hydrogen (secondary N) is 1. The molecular formula is C13H17N. The van der Waals surface area contributed by atoms with Crippen molar-refractivity contribution in [2.45, 2.75) is 25.8 Å². The molecule has 1 heteroatoms. The second-order valence-electron chi connectivity index (χ2n) is 3.30. The van der Waals surface area contributed by atoms with Crippen LogP contribution in [0.3, 0.4) is 0 Å². The van der Waals surface area contributed by atoms with Crippen LogP contribution in [0.5, 0.6) is 0 Å². The minimum Gasteiger partial charge on any atom is -0.304 e. The maximum atomic E-state index is 5.41. The fraction of sp³-hybridized carbons (Fsp3) is 0.385. The minimum absolute atomic E-state index is 0.209. The van der Waals surface area contributed by atoms with Crippen molar-refractivity contribution in [3.63, 3.8) is 0 Å². The van der Waals surface area contributed by atoms with Crippen LogP contribution in [-0.2, 0) is 6.42 Å². The van der Waals surface area contributed by atoms with Crippen molar-refractivity contribution in [3.8, 4) is 12.3 Å². The Hall–Kier alpha value is -1.26. The van der Waals surface area contributed by atoms with Crippen molar-refractivity contribution in [3.05, 3.63) is 35.9 Å². The summed E-state index contributed by atoms with van der Waals surface area (Å²) in [6.07, 6.45) is 7.46. The molecule has 14 heavy (non-hydrogen) atoms. The van der Waals surface area contributed by atoms with Crippen molar-refractivity contribution in [2.24, 2.45) is 0 Å². The fourth-order valence-corrected chi connectivity index (χ4v) is 1.45. The highest BCUT2D eigenvalue weighted by Crippen LogP contribution is 2.04. The monoisotopic (exact) mass is 187 g/mol. The molecule has 0 spiro atoms. The zero-order chi connectivity index (χ0) is 10.2. The van der Waals surface area contributed by atoms with Gasteiger partial charge < -0.3 is 5.32 Å². The lowest BCUT2D eigenvalue weighted by atomic mass is 10.1. The quantitative estimate of drug-likeness (QED) is 0.697. The van der Waals surface area contributed by atoms with E-state index in [2.05, 4.69) is 42.4 Å². The van der Waals surface area contributed by atoms with Gasteiger partial charge >= 0.3 is 0 Å². The van der Waals surface area contributed by atoms with Gasteiger partial charge in [-0.25, -0.2) is 0 Å². The summed E-state index contributed by atoms with van der Waals surface area (Å²) >= 11 is 0. The molecule has 1 aromatic carbocycles. The third kappa shape index (κ3) is 3.64. The number of aryl methyl sites for hydroxylation is 1. The van der Waals surface area contributed by atoms with E-state index in [-0.39, 0.29) is 6.04 Å². The first-order valence-corrected chi connectivity index (χ1v) is 5.10. The molecule has 0 aliphatic heterocycles. The lowest BCUT2D eigenvalue weighted by molar-refractivity contribution is 0.589. The molecule has 1 unspecified atom stereocenters. The Labute approximate surface area is 86.5 Å². The van der Waals surface area contributed by atoms with Gasteiger partial charge in [-0.3, -0.25) is 0 Å². The Morgan fingerprint density at radius 1 is 1.36 bits per heavy atom. The molecule has 1 atom stereocenters. The van der Waals surface area contributed by atoms with Crippen LogP contribution in [0.25, 0.3) is 0 Å². The van der Waals surface area contributed by atoms with Crippen LogP contribution in [-0.4, -0.2) is 12.6 Å². The molecule has 1 rings (SSSR count). The van der Waals surface area contributed by atoms with Crippen molar-refractivity contribution in [1.29, 1.82) is 0 Å². The van der Waals surface area contributed by atoms with E-state index >= 15 is 0 Å². The topological polar surface area (TPSA) is 12.0 Å². The van der Waals surface area contributed by atoms with Crippen LogP contribution in [0.4, 0.5) is 0 Å². The predicted molar refractivity (Wildman–Crippen MR) is 61.1 cm³/mol. The Balaban J connectivity index is 2.37. The van der Waals surface area contributed by atoms with Crippen molar-refractivity contribution < 1.29 is 0 Å². The molecule has 0 bridgehead atoms. The molecule has 0 aromatic heterocycles. The predicted octanol–water partition coefficient (Wildman–Crippen LogP) is 2.23. The summed E-state index contributed by atoms with van der Waals surface area (Å²) < 4.78 is 0. The van der Waals surface area contributed by atoms with Gasteiger partial charge in [0.15, 0.2) is 0 Å². The third-order valence-corrected chi connectivity index (χ3v) is 2.22. The van der Waals surface area contributed by atoms with Crippen molar-refractivity contribution in [2.75, 3.05) is 6.54 Å². The molecule has 0 heterocycles. The zero-order valence-corrected chi connectivity index (χ0v) is 8.66. The van der Waals surface area contributed by atoms with E-state index in [9.17, 15) is 0 Å². The molecule has 1 nitrogen and oxygen atoms in total. The smallest absolute Gasteiger partial charge is 0.0690 e. The van der Waals surface area contributed by atoms with Gasteiger partial charge in [-0.2, -0.15) is 0 Å². The van der Waals surface area contributed by atoms with Crippen LogP contribution in [0.15, 0.2) is 30.3 Å². The van der Waals surface area contributed by atoms with E-state index in [4.69, 9.17) is 6.42 Å². The van der Waals surface area contributed by atoms with E-state index in [1.165, 1.54) is 5.56 Å². The molecule has 74 valence electrons. The third-order valence-electron chi connectivity index (χ3n) is 2.22. The largest absolute Gasteiger partial charge is 0.304 e. The standard InChI is InChI=1S/C13H17N/c1-3-13(14-4-2)11-10-12-8-6-5-7-9-12/h1,5-9,13-14H,4,10-11H2,2H3. The van der Waals surface area contributed by atoms with E-state index in [1.54, 1.807) is 0 Å². The fourth-order valence-electron chi connectivity index (χ4n) is 1.45. The highest BCUT2D eigenvalue weighted by Gasteiger charge is 2.02. The maximum absolute atomic E-state index is 5.41. The number of benzene rings is 1. The lowest BCUT2D eigenvalue weighted by Crippen LogP contribution is -2.27. The van der Waals surface area contributed by atoms with Crippen LogP contribution in [0.2, 0.25) is 0 Å². The van der Waals surface area contributed by atoms with Gasteiger partial charge in [0.05, 0.1) is 6.04 Å². The molecule has 0 aliphatic rings. The Kier molecular flexibility index (Phi) is 4.82. The second-order valence-corrected chi connectivity index (χ2v) is 3.30. The minimum atomic E-state index is 0.209. The Morgan fingerprint density at radius 3 is 2.64 bits per heavy atom. The summed E-state index contributed by atoms with van der Waals surface area (Å²) in [6, 6.07) is 10.6. The molecule has 0 saturated heterocycles. The first-order valence-electron chi connectivity index (χ1n) is 5.10. The molecular weight excluding hydrogens is 170 g/mol. The Morgan fingerprint density at radius 2 is 2.07 bits per heavy atom. The Bertz CT molecular complexity index is 284. The first-order chi connectivity index (χ1) is 6.86.